The van der Waals surface area contributed by atoms with Gasteiger partial charge in [-0.2, -0.15) is 0 Å². The maximum absolute atomic E-state index is 4.17. The van der Waals surface area contributed by atoms with Crippen LogP contribution in [-0.4, -0.2) is 9.97 Å². The van der Waals surface area contributed by atoms with E-state index in [-0.39, 0.29) is 0 Å². The SMILES string of the molecule is Cc1cc(CNCc2ccncn2)c(C)s1. The Hall–Kier alpha value is -1.26. The van der Waals surface area contributed by atoms with Crippen molar-refractivity contribution >= 4 is 11.3 Å². The van der Waals surface area contributed by atoms with Crippen molar-refractivity contribution in [3.8, 4) is 0 Å². The zero-order valence-corrected chi connectivity index (χ0v) is 10.3. The summed E-state index contributed by atoms with van der Waals surface area (Å²) in [5.41, 5.74) is 2.41. The molecule has 0 spiro atoms. The Morgan fingerprint density at radius 3 is 2.81 bits per heavy atom. The third kappa shape index (κ3) is 2.87. The van der Waals surface area contributed by atoms with Crippen molar-refractivity contribution in [1.29, 1.82) is 0 Å². The smallest absolute Gasteiger partial charge is 0.115 e. The molecule has 0 amide bonds. The number of aromatic nitrogens is 2. The van der Waals surface area contributed by atoms with E-state index < -0.39 is 0 Å². The summed E-state index contributed by atoms with van der Waals surface area (Å²) in [6.45, 7) is 6.00. The molecule has 0 unspecified atom stereocenters. The van der Waals surface area contributed by atoms with Gasteiger partial charge in [0.15, 0.2) is 0 Å². The first-order valence-electron chi connectivity index (χ1n) is 5.27. The number of hydrogen-bond donors (Lipinski definition) is 1. The first-order valence-corrected chi connectivity index (χ1v) is 6.09. The van der Waals surface area contributed by atoms with Crippen molar-refractivity contribution in [3.05, 3.63) is 45.7 Å². The molecule has 0 aliphatic heterocycles. The fourth-order valence-corrected chi connectivity index (χ4v) is 2.55. The van der Waals surface area contributed by atoms with Crippen molar-refractivity contribution in [1.82, 2.24) is 15.3 Å². The number of nitrogens with zero attached hydrogens (tertiary/aromatic N) is 2. The van der Waals surface area contributed by atoms with E-state index in [9.17, 15) is 0 Å². The van der Waals surface area contributed by atoms with E-state index in [1.807, 2.05) is 17.4 Å². The van der Waals surface area contributed by atoms with E-state index in [0.29, 0.717) is 0 Å². The molecule has 4 heteroatoms. The number of hydrogen-bond acceptors (Lipinski definition) is 4. The molecule has 0 aliphatic carbocycles. The molecular weight excluding hydrogens is 218 g/mol. The van der Waals surface area contributed by atoms with Gasteiger partial charge in [0.25, 0.3) is 0 Å². The highest BCUT2D eigenvalue weighted by molar-refractivity contribution is 7.12. The van der Waals surface area contributed by atoms with E-state index in [4.69, 9.17) is 0 Å². The molecule has 0 fully saturated rings. The monoisotopic (exact) mass is 233 g/mol. The molecule has 2 rings (SSSR count). The third-order valence-corrected chi connectivity index (χ3v) is 3.42. The molecule has 3 nitrogen and oxygen atoms in total. The predicted molar refractivity (Wildman–Crippen MR) is 66.4 cm³/mol. The van der Waals surface area contributed by atoms with Crippen LogP contribution in [0.25, 0.3) is 0 Å². The maximum atomic E-state index is 4.17. The molecule has 0 aliphatic rings. The van der Waals surface area contributed by atoms with Gasteiger partial charge in [-0.25, -0.2) is 9.97 Å². The van der Waals surface area contributed by atoms with E-state index >= 15 is 0 Å². The van der Waals surface area contributed by atoms with Crippen molar-refractivity contribution in [2.45, 2.75) is 26.9 Å². The van der Waals surface area contributed by atoms with Gasteiger partial charge in [-0.05, 0) is 31.5 Å². The van der Waals surface area contributed by atoms with Gasteiger partial charge >= 0.3 is 0 Å². The maximum Gasteiger partial charge on any atom is 0.115 e. The topological polar surface area (TPSA) is 37.8 Å². The van der Waals surface area contributed by atoms with Gasteiger partial charge in [-0.15, -0.1) is 11.3 Å². The molecule has 16 heavy (non-hydrogen) atoms. The average Bonchev–Trinajstić information content (AvgIpc) is 2.59. The second kappa shape index (κ2) is 5.18. The Morgan fingerprint density at radius 2 is 2.19 bits per heavy atom. The van der Waals surface area contributed by atoms with Gasteiger partial charge in [0.05, 0.1) is 5.69 Å². The largest absolute Gasteiger partial charge is 0.307 e. The normalized spacial score (nSPS) is 10.6. The van der Waals surface area contributed by atoms with E-state index in [1.165, 1.54) is 15.3 Å². The summed E-state index contributed by atoms with van der Waals surface area (Å²) in [4.78, 5) is 10.8. The van der Waals surface area contributed by atoms with Gasteiger partial charge in [-0.3, -0.25) is 0 Å². The molecule has 0 saturated heterocycles. The second-order valence-electron chi connectivity index (χ2n) is 3.74. The Bertz CT molecular complexity index is 451. The minimum Gasteiger partial charge on any atom is -0.307 e. The molecule has 0 bridgehead atoms. The zero-order chi connectivity index (χ0) is 11.4. The Balaban J connectivity index is 1.87. The highest BCUT2D eigenvalue weighted by Crippen LogP contribution is 2.20. The highest BCUT2D eigenvalue weighted by atomic mass is 32.1. The molecule has 2 heterocycles. The molecule has 1 N–H and O–H groups in total. The molecule has 0 saturated carbocycles. The van der Waals surface area contributed by atoms with Gasteiger partial charge in [0, 0.05) is 29.0 Å². The minimum absolute atomic E-state index is 0.789. The van der Waals surface area contributed by atoms with E-state index in [2.05, 4.69) is 35.2 Å². The van der Waals surface area contributed by atoms with Crippen LogP contribution in [0.3, 0.4) is 0 Å². The summed E-state index contributed by atoms with van der Waals surface area (Å²) in [7, 11) is 0. The standard InChI is InChI=1S/C12H15N3S/c1-9-5-11(10(2)16-9)6-14-7-12-3-4-13-8-15-12/h3-5,8,14H,6-7H2,1-2H3. The van der Waals surface area contributed by atoms with Crippen LogP contribution >= 0.6 is 11.3 Å². The lowest BCUT2D eigenvalue weighted by Gasteiger charge is -2.03. The molecule has 0 radical (unpaired) electrons. The summed E-state index contributed by atoms with van der Waals surface area (Å²) < 4.78 is 0. The summed E-state index contributed by atoms with van der Waals surface area (Å²) in [5.74, 6) is 0. The Kier molecular flexibility index (Phi) is 3.64. The zero-order valence-electron chi connectivity index (χ0n) is 9.53. The molecule has 84 valence electrons. The summed E-state index contributed by atoms with van der Waals surface area (Å²) >= 11 is 1.85. The second-order valence-corrected chi connectivity index (χ2v) is 5.20. The number of thiophene rings is 1. The minimum atomic E-state index is 0.789. The summed E-state index contributed by atoms with van der Waals surface area (Å²) in [6.07, 6.45) is 3.35. The van der Waals surface area contributed by atoms with Crippen LogP contribution in [0.2, 0.25) is 0 Å². The fourth-order valence-electron chi connectivity index (χ4n) is 1.61. The Morgan fingerprint density at radius 1 is 1.31 bits per heavy atom. The lowest BCUT2D eigenvalue weighted by atomic mass is 10.2. The first-order chi connectivity index (χ1) is 7.75. The fraction of sp³-hybridized carbons (Fsp3) is 0.333. The third-order valence-electron chi connectivity index (χ3n) is 2.41. The number of rotatable bonds is 4. The summed E-state index contributed by atoms with van der Waals surface area (Å²) in [6, 6.07) is 4.17. The van der Waals surface area contributed by atoms with Gasteiger partial charge in [0.1, 0.15) is 6.33 Å². The van der Waals surface area contributed by atoms with Crippen LogP contribution in [0, 0.1) is 13.8 Å². The van der Waals surface area contributed by atoms with Crippen LogP contribution in [0.4, 0.5) is 0 Å². The predicted octanol–water partition coefficient (Wildman–Crippen LogP) is 2.44. The summed E-state index contributed by atoms with van der Waals surface area (Å²) in [5, 5.41) is 3.39. The molecule has 2 aromatic rings. The van der Waals surface area contributed by atoms with Crippen molar-refractivity contribution < 1.29 is 0 Å². The highest BCUT2D eigenvalue weighted by Gasteiger charge is 2.02. The molecule has 0 aromatic carbocycles. The number of aryl methyl sites for hydroxylation is 2. The Labute approximate surface area is 99.6 Å². The lowest BCUT2D eigenvalue weighted by Crippen LogP contribution is -2.13. The molecule has 0 atom stereocenters. The lowest BCUT2D eigenvalue weighted by molar-refractivity contribution is 0.677. The van der Waals surface area contributed by atoms with Crippen molar-refractivity contribution in [2.24, 2.45) is 0 Å². The molecule has 2 aromatic heterocycles. The van der Waals surface area contributed by atoms with Crippen molar-refractivity contribution in [2.75, 3.05) is 0 Å². The molecular formula is C12H15N3S. The van der Waals surface area contributed by atoms with Crippen LogP contribution < -0.4 is 5.32 Å². The van der Waals surface area contributed by atoms with Crippen LogP contribution in [0.1, 0.15) is 21.0 Å². The van der Waals surface area contributed by atoms with Crippen LogP contribution in [-0.2, 0) is 13.1 Å². The van der Waals surface area contributed by atoms with Gasteiger partial charge in [0.2, 0.25) is 0 Å². The van der Waals surface area contributed by atoms with Crippen LogP contribution in [0.5, 0.6) is 0 Å². The van der Waals surface area contributed by atoms with Crippen molar-refractivity contribution in [3.63, 3.8) is 0 Å². The quantitative estimate of drug-likeness (QED) is 0.881. The van der Waals surface area contributed by atoms with E-state index in [1.54, 1.807) is 12.5 Å². The first kappa shape index (κ1) is 11.2. The number of nitrogens with one attached hydrogen (secondary N) is 1. The van der Waals surface area contributed by atoms with Gasteiger partial charge in [-0.1, -0.05) is 0 Å². The van der Waals surface area contributed by atoms with E-state index in [0.717, 1.165) is 18.8 Å². The van der Waals surface area contributed by atoms with Crippen LogP contribution in [0.15, 0.2) is 24.7 Å². The van der Waals surface area contributed by atoms with Gasteiger partial charge < -0.3 is 5.32 Å². The average molecular weight is 233 g/mol.